The highest BCUT2D eigenvalue weighted by Gasteiger charge is 2.17. The molecule has 200 valence electrons. The molecule has 3 rings (SSSR count). The lowest BCUT2D eigenvalue weighted by Gasteiger charge is -2.19. The summed E-state index contributed by atoms with van der Waals surface area (Å²) in [5.41, 5.74) is 11.9. The molecule has 0 radical (unpaired) electrons. The van der Waals surface area contributed by atoms with Gasteiger partial charge < -0.3 is 0 Å². The molecule has 1 heterocycles. The van der Waals surface area contributed by atoms with Crippen LogP contribution in [-0.4, -0.2) is 16.4 Å². The van der Waals surface area contributed by atoms with Crippen molar-refractivity contribution in [1.29, 1.82) is 0 Å². The second-order valence-corrected chi connectivity index (χ2v) is 11.5. The fourth-order valence-electron chi connectivity index (χ4n) is 4.76. The van der Waals surface area contributed by atoms with Crippen LogP contribution in [-0.2, 0) is 0 Å². The third-order valence-corrected chi connectivity index (χ3v) is 7.06. The minimum atomic E-state index is 0.351. The quantitative estimate of drug-likeness (QED) is 0.265. The van der Waals surface area contributed by atoms with Crippen molar-refractivity contribution in [3.8, 4) is 0 Å². The Morgan fingerprint density at radius 1 is 0.632 bits per heavy atom. The molecule has 3 nitrogen and oxygen atoms in total. The largest absolute Gasteiger partial charge is 0.251 e. The van der Waals surface area contributed by atoms with Crippen LogP contribution >= 0.6 is 0 Å². The Bertz CT molecular complexity index is 1300. The minimum Gasteiger partial charge on any atom is -0.251 e. The molecule has 0 spiro atoms. The highest BCUT2D eigenvalue weighted by Crippen LogP contribution is 2.37. The standard InChI is InChI=1S/C35H45N3/c1-12-27-19-30(23(6)7)35(31(20-27)24(8)9)37-26(11)33-18-14-17-32(38-33)25(10)36-34-28(21(2)3)15-13-16-29(34)22(4)5/h12-24H,1H2,2-11H3. The Labute approximate surface area is 230 Å². The van der Waals surface area contributed by atoms with E-state index < -0.39 is 0 Å². The van der Waals surface area contributed by atoms with Gasteiger partial charge in [-0.25, -0.2) is 4.98 Å². The Morgan fingerprint density at radius 2 is 1.00 bits per heavy atom. The molecule has 38 heavy (non-hydrogen) atoms. The molecular weight excluding hydrogens is 462 g/mol. The molecule has 2 aromatic carbocycles. The average molecular weight is 508 g/mol. The molecule has 0 fully saturated rings. The highest BCUT2D eigenvalue weighted by atomic mass is 14.8. The van der Waals surface area contributed by atoms with Gasteiger partial charge in [-0.1, -0.05) is 92.3 Å². The zero-order chi connectivity index (χ0) is 28.1. The van der Waals surface area contributed by atoms with Crippen molar-refractivity contribution < 1.29 is 0 Å². The van der Waals surface area contributed by atoms with Crippen LogP contribution in [0.25, 0.3) is 6.08 Å². The topological polar surface area (TPSA) is 37.6 Å². The SMILES string of the molecule is C=Cc1cc(C(C)C)c(N=C(C)c2cccc(C(C)=Nc3c(C(C)C)cccc3C(C)C)n2)c(C(C)C)c1. The van der Waals surface area contributed by atoms with Crippen molar-refractivity contribution in [2.24, 2.45) is 9.98 Å². The molecule has 0 saturated heterocycles. The van der Waals surface area contributed by atoms with Crippen molar-refractivity contribution in [2.75, 3.05) is 0 Å². The number of aliphatic imine (C=N–C) groups is 2. The Balaban J connectivity index is 2.11. The van der Waals surface area contributed by atoms with E-state index in [4.69, 9.17) is 15.0 Å². The van der Waals surface area contributed by atoms with Crippen LogP contribution < -0.4 is 0 Å². The van der Waals surface area contributed by atoms with Gasteiger partial charge >= 0.3 is 0 Å². The molecule has 3 heteroatoms. The van der Waals surface area contributed by atoms with E-state index in [0.717, 1.165) is 39.7 Å². The van der Waals surface area contributed by atoms with Crippen molar-refractivity contribution in [2.45, 2.75) is 92.9 Å². The van der Waals surface area contributed by atoms with Crippen molar-refractivity contribution in [3.05, 3.63) is 94.3 Å². The maximum Gasteiger partial charge on any atom is 0.0849 e. The van der Waals surface area contributed by atoms with Crippen LogP contribution in [0.5, 0.6) is 0 Å². The molecule has 0 aliphatic carbocycles. The lowest BCUT2D eigenvalue weighted by atomic mass is 9.90. The second-order valence-electron chi connectivity index (χ2n) is 11.5. The molecule has 0 bridgehead atoms. The van der Waals surface area contributed by atoms with E-state index in [1.54, 1.807) is 0 Å². The first kappa shape index (κ1) is 29.2. The van der Waals surface area contributed by atoms with Crippen LogP contribution in [0.3, 0.4) is 0 Å². The summed E-state index contributed by atoms with van der Waals surface area (Å²) >= 11 is 0. The second kappa shape index (κ2) is 12.5. The normalized spacial score (nSPS) is 12.8. The first-order valence-electron chi connectivity index (χ1n) is 14.0. The number of aromatic nitrogens is 1. The fourth-order valence-corrected chi connectivity index (χ4v) is 4.76. The van der Waals surface area contributed by atoms with Gasteiger partial charge in [0, 0.05) is 0 Å². The van der Waals surface area contributed by atoms with Crippen molar-refractivity contribution in [1.82, 2.24) is 4.98 Å². The molecule has 0 aliphatic heterocycles. The third kappa shape index (κ3) is 6.56. The number of nitrogens with zero attached hydrogens (tertiary/aromatic N) is 3. The molecule has 0 unspecified atom stereocenters. The fraction of sp³-hybridized carbons (Fsp3) is 0.400. The van der Waals surface area contributed by atoms with E-state index in [1.165, 1.54) is 22.3 Å². The molecule has 0 N–H and O–H groups in total. The van der Waals surface area contributed by atoms with E-state index >= 15 is 0 Å². The number of para-hydroxylation sites is 1. The van der Waals surface area contributed by atoms with Crippen LogP contribution in [0.2, 0.25) is 0 Å². The van der Waals surface area contributed by atoms with E-state index in [-0.39, 0.29) is 0 Å². The minimum absolute atomic E-state index is 0.351. The summed E-state index contributed by atoms with van der Waals surface area (Å²) < 4.78 is 0. The van der Waals surface area contributed by atoms with Gasteiger partial charge in [-0.2, -0.15) is 0 Å². The van der Waals surface area contributed by atoms with Crippen molar-refractivity contribution in [3.63, 3.8) is 0 Å². The van der Waals surface area contributed by atoms with Gasteiger partial charge in [-0.15, -0.1) is 0 Å². The van der Waals surface area contributed by atoms with Gasteiger partial charge in [0.15, 0.2) is 0 Å². The molecule has 0 atom stereocenters. The third-order valence-electron chi connectivity index (χ3n) is 7.06. The van der Waals surface area contributed by atoms with Gasteiger partial charge in [0.1, 0.15) is 0 Å². The number of pyridine rings is 1. The summed E-state index contributed by atoms with van der Waals surface area (Å²) in [5, 5.41) is 0. The van der Waals surface area contributed by atoms with Crippen LogP contribution in [0.4, 0.5) is 11.4 Å². The van der Waals surface area contributed by atoms with Crippen LogP contribution in [0.15, 0.2) is 65.1 Å². The van der Waals surface area contributed by atoms with Crippen LogP contribution in [0.1, 0.15) is 132 Å². The summed E-state index contributed by atoms with van der Waals surface area (Å²) in [4.78, 5) is 15.4. The Kier molecular flexibility index (Phi) is 9.60. The number of hydrogen-bond donors (Lipinski definition) is 0. The van der Waals surface area contributed by atoms with E-state index in [0.29, 0.717) is 23.7 Å². The molecule has 0 amide bonds. The van der Waals surface area contributed by atoms with Gasteiger partial charge in [-0.3, -0.25) is 9.98 Å². The summed E-state index contributed by atoms with van der Waals surface area (Å²) in [7, 11) is 0. The number of hydrogen-bond acceptors (Lipinski definition) is 3. The van der Waals surface area contributed by atoms with Gasteiger partial charge in [0.25, 0.3) is 0 Å². The molecule has 3 aromatic rings. The van der Waals surface area contributed by atoms with E-state index in [1.807, 2.05) is 18.2 Å². The van der Waals surface area contributed by atoms with E-state index in [9.17, 15) is 0 Å². The maximum atomic E-state index is 5.19. The van der Waals surface area contributed by atoms with Crippen molar-refractivity contribution >= 4 is 28.9 Å². The molecule has 1 aromatic heterocycles. The number of benzene rings is 2. The first-order chi connectivity index (χ1) is 17.9. The van der Waals surface area contributed by atoms with Gasteiger partial charge in [0.05, 0.1) is 34.2 Å². The molecule has 0 aliphatic rings. The molecule has 0 saturated carbocycles. The molecular formula is C35H45N3. The summed E-state index contributed by atoms with van der Waals surface area (Å²) in [6.07, 6.45) is 1.92. The maximum absolute atomic E-state index is 5.19. The zero-order valence-electron chi connectivity index (χ0n) is 25.1. The average Bonchev–Trinajstić information content (AvgIpc) is 2.88. The summed E-state index contributed by atoms with van der Waals surface area (Å²) in [6.45, 7) is 25.9. The zero-order valence-corrected chi connectivity index (χ0v) is 25.1. The van der Waals surface area contributed by atoms with Crippen LogP contribution in [0, 0.1) is 0 Å². The highest BCUT2D eigenvalue weighted by molar-refractivity contribution is 6.02. The lowest BCUT2D eigenvalue weighted by molar-refractivity contribution is 0.834. The predicted octanol–water partition coefficient (Wildman–Crippen LogP) is 10.5. The lowest BCUT2D eigenvalue weighted by Crippen LogP contribution is -2.06. The first-order valence-corrected chi connectivity index (χ1v) is 14.0. The smallest absolute Gasteiger partial charge is 0.0849 e. The Hall–Kier alpha value is -3.33. The van der Waals surface area contributed by atoms with E-state index in [2.05, 4.69) is 112 Å². The summed E-state index contributed by atoms with van der Waals surface area (Å²) in [5.74, 6) is 1.49. The van der Waals surface area contributed by atoms with Gasteiger partial charge in [-0.05, 0) is 89.6 Å². The predicted molar refractivity (Wildman–Crippen MR) is 167 cm³/mol. The summed E-state index contributed by atoms with van der Waals surface area (Å²) in [6, 6.07) is 17.1. The monoisotopic (exact) mass is 507 g/mol. The number of rotatable bonds is 9. The Morgan fingerprint density at radius 3 is 1.37 bits per heavy atom. The van der Waals surface area contributed by atoms with Gasteiger partial charge in [0.2, 0.25) is 0 Å².